The minimum atomic E-state index is -0.0283. The second kappa shape index (κ2) is 7.53. The SMILES string of the molecule is O=C(c1ccccc1)N1CC2CCC(C1)N(C(=O)c1ccc(CO)cc1)C2. The van der Waals surface area contributed by atoms with Crippen LogP contribution in [0.2, 0.25) is 0 Å². The Labute approximate surface area is 159 Å². The van der Waals surface area contributed by atoms with E-state index >= 15 is 0 Å². The van der Waals surface area contributed by atoms with Crippen molar-refractivity contribution in [3.63, 3.8) is 0 Å². The van der Waals surface area contributed by atoms with Gasteiger partial charge in [0.05, 0.1) is 6.61 Å². The first-order valence-electron chi connectivity index (χ1n) is 9.51. The van der Waals surface area contributed by atoms with E-state index in [1.54, 1.807) is 24.3 Å². The zero-order valence-electron chi connectivity index (χ0n) is 15.3. The van der Waals surface area contributed by atoms with E-state index in [-0.39, 0.29) is 24.5 Å². The molecular formula is C22H24N2O3. The molecule has 2 aromatic rings. The maximum atomic E-state index is 13.0. The number of piperidine rings is 1. The van der Waals surface area contributed by atoms with Crippen molar-refractivity contribution < 1.29 is 14.7 Å². The molecule has 3 fully saturated rings. The lowest BCUT2D eigenvalue weighted by molar-refractivity contribution is 0.0574. The van der Waals surface area contributed by atoms with Crippen LogP contribution in [0, 0.1) is 5.92 Å². The predicted molar refractivity (Wildman–Crippen MR) is 102 cm³/mol. The third-order valence-corrected chi connectivity index (χ3v) is 5.67. The standard InChI is InChI=1S/C22H24N2O3/c25-15-16-6-9-19(10-7-16)22(27)24-13-17-8-11-20(24)14-23(12-17)21(26)18-4-2-1-3-5-18/h1-7,9-10,17,20,25H,8,11-15H2. The molecule has 1 N–H and O–H groups in total. The molecule has 27 heavy (non-hydrogen) atoms. The first-order valence-corrected chi connectivity index (χ1v) is 9.51. The molecule has 2 bridgehead atoms. The van der Waals surface area contributed by atoms with Crippen LogP contribution in [0.5, 0.6) is 0 Å². The summed E-state index contributed by atoms with van der Waals surface area (Å²) in [6, 6.07) is 16.5. The second-order valence-corrected chi connectivity index (χ2v) is 7.49. The largest absolute Gasteiger partial charge is 0.392 e. The number of aliphatic hydroxyl groups is 1. The van der Waals surface area contributed by atoms with E-state index in [4.69, 9.17) is 0 Å². The third-order valence-electron chi connectivity index (χ3n) is 5.67. The highest BCUT2D eigenvalue weighted by Gasteiger charge is 2.38. The Hall–Kier alpha value is -2.66. The number of amides is 2. The van der Waals surface area contributed by atoms with Gasteiger partial charge in [-0.15, -0.1) is 0 Å². The van der Waals surface area contributed by atoms with Gasteiger partial charge in [-0.05, 0) is 48.6 Å². The Kier molecular flexibility index (Phi) is 4.94. The van der Waals surface area contributed by atoms with Gasteiger partial charge in [0.1, 0.15) is 0 Å². The highest BCUT2D eigenvalue weighted by Crippen LogP contribution is 2.30. The van der Waals surface area contributed by atoms with Crippen molar-refractivity contribution in [2.24, 2.45) is 5.92 Å². The number of hydrogen-bond donors (Lipinski definition) is 1. The van der Waals surface area contributed by atoms with Crippen LogP contribution >= 0.6 is 0 Å². The van der Waals surface area contributed by atoms with E-state index in [1.807, 2.05) is 40.1 Å². The fraction of sp³-hybridized carbons (Fsp3) is 0.364. The summed E-state index contributed by atoms with van der Waals surface area (Å²) < 4.78 is 0. The predicted octanol–water partition coefficient (Wildman–Crippen LogP) is 2.56. The van der Waals surface area contributed by atoms with E-state index in [0.29, 0.717) is 36.7 Å². The molecule has 140 valence electrons. The van der Waals surface area contributed by atoms with Crippen LogP contribution in [0.15, 0.2) is 54.6 Å². The van der Waals surface area contributed by atoms with E-state index in [0.717, 1.165) is 18.4 Å². The van der Waals surface area contributed by atoms with Crippen LogP contribution in [0.25, 0.3) is 0 Å². The highest BCUT2D eigenvalue weighted by molar-refractivity contribution is 5.96. The summed E-state index contributed by atoms with van der Waals surface area (Å²) >= 11 is 0. The molecule has 0 aliphatic carbocycles. The number of rotatable bonds is 3. The van der Waals surface area contributed by atoms with Crippen molar-refractivity contribution >= 4 is 11.8 Å². The molecular weight excluding hydrogens is 340 g/mol. The Balaban J connectivity index is 1.52. The van der Waals surface area contributed by atoms with E-state index in [2.05, 4.69) is 0 Å². The normalized spacial score (nSPS) is 21.8. The molecule has 3 aliphatic heterocycles. The molecule has 3 heterocycles. The highest BCUT2D eigenvalue weighted by atomic mass is 16.3. The summed E-state index contributed by atoms with van der Waals surface area (Å²) in [5, 5.41) is 9.18. The van der Waals surface area contributed by atoms with Crippen LogP contribution in [-0.4, -0.2) is 52.4 Å². The van der Waals surface area contributed by atoms with Crippen molar-refractivity contribution in [3.8, 4) is 0 Å². The Morgan fingerprint density at radius 2 is 1.56 bits per heavy atom. The molecule has 0 spiro atoms. The topological polar surface area (TPSA) is 60.9 Å². The summed E-state index contributed by atoms with van der Waals surface area (Å²) in [6.45, 7) is 1.96. The number of nitrogens with zero attached hydrogens (tertiary/aromatic N) is 2. The Morgan fingerprint density at radius 1 is 0.852 bits per heavy atom. The van der Waals surface area contributed by atoms with Gasteiger partial charge < -0.3 is 14.9 Å². The van der Waals surface area contributed by atoms with Crippen molar-refractivity contribution in [1.82, 2.24) is 9.80 Å². The Morgan fingerprint density at radius 3 is 2.26 bits per heavy atom. The molecule has 0 saturated carbocycles. The minimum absolute atomic E-state index is 0.0169. The molecule has 3 saturated heterocycles. The quantitative estimate of drug-likeness (QED) is 0.911. The van der Waals surface area contributed by atoms with Gasteiger partial charge in [-0.2, -0.15) is 0 Å². The van der Waals surface area contributed by atoms with Gasteiger partial charge in [-0.1, -0.05) is 30.3 Å². The summed E-state index contributed by atoms with van der Waals surface area (Å²) in [7, 11) is 0. The zero-order valence-corrected chi connectivity index (χ0v) is 15.3. The van der Waals surface area contributed by atoms with Crippen LogP contribution in [0.3, 0.4) is 0 Å². The lowest BCUT2D eigenvalue weighted by Gasteiger charge is -2.36. The van der Waals surface area contributed by atoms with Gasteiger partial charge in [0, 0.05) is 36.8 Å². The van der Waals surface area contributed by atoms with Gasteiger partial charge in [0.15, 0.2) is 0 Å². The monoisotopic (exact) mass is 364 g/mol. The molecule has 0 radical (unpaired) electrons. The summed E-state index contributed by atoms with van der Waals surface area (Å²) in [5.41, 5.74) is 2.14. The number of carbonyl (C=O) groups is 2. The van der Waals surface area contributed by atoms with Gasteiger partial charge in [0.2, 0.25) is 0 Å². The Bertz CT molecular complexity index is 819. The number of aliphatic hydroxyl groups excluding tert-OH is 1. The fourth-order valence-electron chi connectivity index (χ4n) is 4.18. The first-order chi connectivity index (χ1) is 13.2. The summed E-state index contributed by atoms with van der Waals surface area (Å²) in [4.78, 5) is 29.8. The third kappa shape index (κ3) is 3.60. The van der Waals surface area contributed by atoms with Crippen molar-refractivity contribution in [2.45, 2.75) is 25.5 Å². The lowest BCUT2D eigenvalue weighted by Crippen LogP contribution is -2.47. The van der Waals surface area contributed by atoms with Crippen LogP contribution < -0.4 is 0 Å². The van der Waals surface area contributed by atoms with Crippen LogP contribution in [0.1, 0.15) is 39.1 Å². The maximum absolute atomic E-state index is 13.0. The molecule has 0 aromatic heterocycles. The van der Waals surface area contributed by atoms with Gasteiger partial charge in [-0.25, -0.2) is 0 Å². The maximum Gasteiger partial charge on any atom is 0.254 e. The van der Waals surface area contributed by atoms with Crippen LogP contribution in [-0.2, 0) is 6.61 Å². The number of benzene rings is 2. The van der Waals surface area contributed by atoms with Crippen LogP contribution in [0.4, 0.5) is 0 Å². The molecule has 2 unspecified atom stereocenters. The molecule has 5 rings (SSSR count). The van der Waals surface area contributed by atoms with E-state index in [1.165, 1.54) is 0 Å². The van der Waals surface area contributed by atoms with Gasteiger partial charge >= 0.3 is 0 Å². The fourth-order valence-corrected chi connectivity index (χ4v) is 4.18. The first kappa shape index (κ1) is 17.7. The zero-order chi connectivity index (χ0) is 18.8. The lowest BCUT2D eigenvalue weighted by atomic mass is 9.94. The summed E-state index contributed by atoms with van der Waals surface area (Å²) in [5.74, 6) is 0.384. The number of hydrogen-bond acceptors (Lipinski definition) is 3. The second-order valence-electron chi connectivity index (χ2n) is 7.49. The van der Waals surface area contributed by atoms with Crippen molar-refractivity contribution in [2.75, 3.05) is 19.6 Å². The molecule has 5 nitrogen and oxygen atoms in total. The average Bonchev–Trinajstić information content (AvgIpc) is 3.05. The molecule has 5 heteroatoms. The van der Waals surface area contributed by atoms with E-state index < -0.39 is 0 Å². The molecule has 2 amide bonds. The smallest absolute Gasteiger partial charge is 0.254 e. The number of fused-ring (bicyclic) bond motifs is 4. The molecule has 2 aromatic carbocycles. The van der Waals surface area contributed by atoms with Gasteiger partial charge in [-0.3, -0.25) is 9.59 Å². The average molecular weight is 364 g/mol. The molecule has 2 atom stereocenters. The van der Waals surface area contributed by atoms with Crippen molar-refractivity contribution in [1.29, 1.82) is 0 Å². The molecule has 3 aliphatic rings. The summed E-state index contributed by atoms with van der Waals surface area (Å²) in [6.07, 6.45) is 1.99. The minimum Gasteiger partial charge on any atom is -0.392 e. The van der Waals surface area contributed by atoms with Crippen molar-refractivity contribution in [3.05, 3.63) is 71.3 Å². The number of carbonyl (C=O) groups excluding carboxylic acids is 2. The van der Waals surface area contributed by atoms with Gasteiger partial charge in [0.25, 0.3) is 11.8 Å². The van der Waals surface area contributed by atoms with E-state index in [9.17, 15) is 14.7 Å².